The van der Waals surface area contributed by atoms with E-state index in [4.69, 9.17) is 4.74 Å². The average Bonchev–Trinajstić information content (AvgIpc) is 2.88. The van der Waals surface area contributed by atoms with Gasteiger partial charge in [0.05, 0.1) is 12.8 Å². The molecule has 0 aromatic carbocycles. The lowest BCUT2D eigenvalue weighted by molar-refractivity contribution is 0.0605. The second-order valence-electron chi connectivity index (χ2n) is 3.71. The van der Waals surface area contributed by atoms with Gasteiger partial charge in [0.25, 0.3) is 0 Å². The summed E-state index contributed by atoms with van der Waals surface area (Å²) in [6, 6.07) is 0.413. The topological polar surface area (TPSA) is 51.2 Å². The molecule has 0 atom stereocenters. The molecule has 1 aromatic rings. The summed E-state index contributed by atoms with van der Waals surface area (Å²) < 4.78 is 4.69. The molecule has 0 spiro atoms. The van der Waals surface area contributed by atoms with Gasteiger partial charge in [-0.3, -0.25) is 0 Å². The van der Waals surface area contributed by atoms with Crippen molar-refractivity contribution in [1.29, 1.82) is 0 Å². The number of hydrogen-bond acceptors (Lipinski definition) is 5. The first kappa shape index (κ1) is 11.1. The van der Waals surface area contributed by atoms with Crippen LogP contribution in [-0.4, -0.2) is 24.1 Å². The van der Waals surface area contributed by atoms with Crippen LogP contribution < -0.4 is 5.32 Å². The monoisotopic (exact) mass is 238 g/mol. The Hall–Kier alpha value is -1.36. The van der Waals surface area contributed by atoms with Gasteiger partial charge in [-0.05, 0) is 19.8 Å². The molecule has 16 heavy (non-hydrogen) atoms. The van der Waals surface area contributed by atoms with Crippen molar-refractivity contribution in [1.82, 2.24) is 4.98 Å². The Morgan fingerprint density at radius 3 is 2.88 bits per heavy atom. The highest BCUT2D eigenvalue weighted by molar-refractivity contribution is 7.17. The van der Waals surface area contributed by atoms with E-state index in [1.54, 1.807) is 0 Å². The highest BCUT2D eigenvalue weighted by Gasteiger charge is 2.17. The summed E-state index contributed by atoms with van der Waals surface area (Å²) in [6.07, 6.45) is 6.34. The molecular weight excluding hydrogens is 224 g/mol. The van der Waals surface area contributed by atoms with Gasteiger partial charge in [0, 0.05) is 6.04 Å². The molecular formula is C11H14N2O2S. The van der Waals surface area contributed by atoms with Crippen LogP contribution in [0, 0.1) is 6.92 Å². The van der Waals surface area contributed by atoms with Crippen molar-refractivity contribution in [3.63, 3.8) is 0 Å². The van der Waals surface area contributed by atoms with E-state index in [0.717, 1.165) is 23.7 Å². The third-order valence-corrected chi connectivity index (χ3v) is 3.57. The molecule has 1 N–H and O–H groups in total. The first-order chi connectivity index (χ1) is 7.70. The van der Waals surface area contributed by atoms with E-state index in [0.29, 0.717) is 10.9 Å². The summed E-state index contributed by atoms with van der Waals surface area (Å²) in [6.45, 7) is 1.82. The molecule has 0 fully saturated rings. The number of nitrogens with zero attached hydrogens (tertiary/aromatic N) is 1. The van der Waals surface area contributed by atoms with Gasteiger partial charge in [0.1, 0.15) is 4.88 Å². The van der Waals surface area contributed by atoms with Crippen LogP contribution in [0.25, 0.3) is 0 Å². The van der Waals surface area contributed by atoms with Crippen LogP contribution in [0.4, 0.5) is 5.13 Å². The second-order valence-corrected chi connectivity index (χ2v) is 4.71. The average molecular weight is 238 g/mol. The Kier molecular flexibility index (Phi) is 3.24. The fourth-order valence-electron chi connectivity index (χ4n) is 1.65. The van der Waals surface area contributed by atoms with E-state index < -0.39 is 0 Å². The maximum absolute atomic E-state index is 11.4. The molecule has 1 aromatic heterocycles. The number of thiazole rings is 1. The molecule has 86 valence electrons. The molecule has 0 unspecified atom stereocenters. The van der Waals surface area contributed by atoms with Crippen LogP contribution in [0.3, 0.4) is 0 Å². The zero-order valence-electron chi connectivity index (χ0n) is 9.32. The lowest BCUT2D eigenvalue weighted by Crippen LogP contribution is -2.14. The second kappa shape index (κ2) is 4.65. The zero-order valence-corrected chi connectivity index (χ0v) is 10.1. The standard InChI is InChI=1S/C11H14N2O2S/c1-7-9(10(14)15-2)16-11(12-7)13-8-5-3-4-6-8/h3-4,8H,5-6H2,1-2H3,(H,12,13). The maximum Gasteiger partial charge on any atom is 0.350 e. The number of methoxy groups -OCH3 is 1. The number of hydrogen-bond donors (Lipinski definition) is 1. The number of anilines is 1. The van der Waals surface area contributed by atoms with E-state index >= 15 is 0 Å². The fraction of sp³-hybridized carbons (Fsp3) is 0.455. The minimum absolute atomic E-state index is 0.312. The highest BCUT2D eigenvalue weighted by atomic mass is 32.1. The normalized spacial score (nSPS) is 15.4. The van der Waals surface area contributed by atoms with Crippen LogP contribution in [0.5, 0.6) is 0 Å². The molecule has 4 nitrogen and oxygen atoms in total. The van der Waals surface area contributed by atoms with Gasteiger partial charge in [0.2, 0.25) is 0 Å². The van der Waals surface area contributed by atoms with E-state index in [1.807, 2.05) is 6.92 Å². The van der Waals surface area contributed by atoms with Crippen LogP contribution in [0.15, 0.2) is 12.2 Å². The van der Waals surface area contributed by atoms with Gasteiger partial charge >= 0.3 is 5.97 Å². The molecule has 1 aliphatic carbocycles. The first-order valence-electron chi connectivity index (χ1n) is 5.18. The number of esters is 1. The molecule has 0 saturated heterocycles. The number of carbonyl (C=O) groups excluding carboxylic acids is 1. The van der Waals surface area contributed by atoms with Gasteiger partial charge in [-0.15, -0.1) is 0 Å². The van der Waals surface area contributed by atoms with E-state index in [2.05, 4.69) is 22.5 Å². The molecule has 2 rings (SSSR count). The minimum Gasteiger partial charge on any atom is -0.465 e. The van der Waals surface area contributed by atoms with Gasteiger partial charge in [-0.1, -0.05) is 23.5 Å². The van der Waals surface area contributed by atoms with Crippen LogP contribution >= 0.6 is 11.3 Å². The van der Waals surface area contributed by atoms with E-state index in [1.165, 1.54) is 18.4 Å². The Labute approximate surface area is 98.3 Å². The molecule has 0 aliphatic heterocycles. The Morgan fingerprint density at radius 2 is 2.25 bits per heavy atom. The number of carbonyl (C=O) groups is 1. The van der Waals surface area contributed by atoms with Crippen LogP contribution in [0.1, 0.15) is 28.2 Å². The molecule has 0 radical (unpaired) electrons. The summed E-state index contributed by atoms with van der Waals surface area (Å²) in [4.78, 5) is 16.3. The highest BCUT2D eigenvalue weighted by Crippen LogP contribution is 2.25. The van der Waals surface area contributed by atoms with Crippen molar-refractivity contribution < 1.29 is 9.53 Å². The van der Waals surface area contributed by atoms with E-state index in [-0.39, 0.29) is 5.97 Å². The van der Waals surface area contributed by atoms with Crippen molar-refractivity contribution in [3.05, 3.63) is 22.7 Å². The Bertz CT molecular complexity index is 418. The number of ether oxygens (including phenoxy) is 1. The number of aryl methyl sites for hydroxylation is 1. The minimum atomic E-state index is -0.312. The molecule has 5 heteroatoms. The smallest absolute Gasteiger partial charge is 0.350 e. The van der Waals surface area contributed by atoms with Gasteiger partial charge in [-0.25, -0.2) is 9.78 Å². The molecule has 0 amide bonds. The van der Waals surface area contributed by atoms with Gasteiger partial charge in [0.15, 0.2) is 5.13 Å². The molecule has 1 aliphatic rings. The number of aromatic nitrogens is 1. The summed E-state index contributed by atoms with van der Waals surface area (Å²) in [7, 11) is 1.38. The van der Waals surface area contributed by atoms with Crippen molar-refractivity contribution in [3.8, 4) is 0 Å². The van der Waals surface area contributed by atoms with Crippen LogP contribution in [0.2, 0.25) is 0 Å². The van der Waals surface area contributed by atoms with E-state index in [9.17, 15) is 4.79 Å². The quantitative estimate of drug-likeness (QED) is 0.649. The summed E-state index contributed by atoms with van der Waals surface area (Å²) in [5.74, 6) is -0.312. The van der Waals surface area contributed by atoms with Crippen molar-refractivity contribution in [2.24, 2.45) is 0 Å². The Morgan fingerprint density at radius 1 is 1.56 bits per heavy atom. The lowest BCUT2D eigenvalue weighted by atomic mass is 10.2. The number of nitrogens with one attached hydrogen (secondary N) is 1. The largest absolute Gasteiger partial charge is 0.465 e. The SMILES string of the molecule is COC(=O)c1sc(NC2CC=CC2)nc1C. The first-order valence-corrected chi connectivity index (χ1v) is 5.99. The third-order valence-electron chi connectivity index (χ3n) is 2.50. The van der Waals surface area contributed by atoms with Crippen molar-refractivity contribution >= 4 is 22.4 Å². The predicted molar refractivity (Wildman–Crippen MR) is 64.0 cm³/mol. The molecule has 0 bridgehead atoms. The summed E-state index contributed by atoms with van der Waals surface area (Å²) in [5, 5.41) is 4.12. The van der Waals surface area contributed by atoms with Crippen molar-refractivity contribution in [2.75, 3.05) is 12.4 Å². The lowest BCUT2D eigenvalue weighted by Gasteiger charge is -2.09. The van der Waals surface area contributed by atoms with Crippen LogP contribution in [-0.2, 0) is 4.74 Å². The van der Waals surface area contributed by atoms with Crippen molar-refractivity contribution in [2.45, 2.75) is 25.8 Å². The van der Waals surface area contributed by atoms with Gasteiger partial charge < -0.3 is 10.1 Å². The Balaban J connectivity index is 2.08. The predicted octanol–water partition coefficient (Wildman–Crippen LogP) is 2.37. The number of rotatable bonds is 3. The summed E-state index contributed by atoms with van der Waals surface area (Å²) in [5.41, 5.74) is 0.727. The maximum atomic E-state index is 11.4. The molecule has 0 saturated carbocycles. The third kappa shape index (κ3) is 2.24. The van der Waals surface area contributed by atoms with Gasteiger partial charge in [-0.2, -0.15) is 0 Å². The summed E-state index contributed by atoms with van der Waals surface area (Å²) >= 11 is 1.35. The zero-order chi connectivity index (χ0) is 11.5. The fourth-order valence-corrected chi connectivity index (χ4v) is 2.61. The molecule has 1 heterocycles.